The Balaban J connectivity index is 1.60. The molecule has 0 atom stereocenters. The van der Waals surface area contributed by atoms with Crippen molar-refractivity contribution in [2.24, 2.45) is 0 Å². The van der Waals surface area contributed by atoms with E-state index in [2.05, 4.69) is 10.6 Å². The SMILES string of the molecule is COc1ccc(NC2=C(P(=O)(c3ccc(OC)cc3)c3ccc(OC)cc3)C(=O)C(Nc3ccc(OC)cc3)=C(P(=O)(c3ccc(OC)cc3)c3ccc(OC)cc3)C2=O)cc1. The number of nitrogens with one attached hydrogen (secondary N) is 2. The molecular formula is C48H44N2O10P2. The predicted octanol–water partition coefficient (Wildman–Crippen LogP) is 7.87. The van der Waals surface area contributed by atoms with Crippen LogP contribution in [-0.2, 0) is 18.7 Å². The van der Waals surface area contributed by atoms with E-state index < -0.39 is 25.9 Å². The number of anilines is 2. The van der Waals surface area contributed by atoms with Gasteiger partial charge >= 0.3 is 0 Å². The van der Waals surface area contributed by atoms with E-state index >= 15 is 18.7 Å². The number of allylic oxidation sites excluding steroid dienone is 2. The molecule has 1 aliphatic carbocycles. The van der Waals surface area contributed by atoms with Crippen molar-refractivity contribution in [2.75, 3.05) is 53.3 Å². The molecule has 0 saturated carbocycles. The van der Waals surface area contributed by atoms with Gasteiger partial charge in [-0.25, -0.2) is 0 Å². The first kappa shape index (κ1) is 43.1. The van der Waals surface area contributed by atoms with Crippen LogP contribution < -0.4 is 60.3 Å². The minimum Gasteiger partial charge on any atom is -0.497 e. The molecule has 6 aromatic rings. The standard InChI is InChI=1S/C48H44N2O10P2/c1-55-33-11-7-31(8-12-33)49-43-45(51)48(62(54,41-27-19-37(59-5)20-28-41)42-29-21-38(60-6)22-30-42)44(50-32-9-13-34(56-2)14-10-32)46(52)47(43)61(53,39-23-15-35(57-3)16-24-39)40-25-17-36(58-4)18-26-40/h7-30,49-50H,1-6H3. The fourth-order valence-electron chi connectivity index (χ4n) is 7.13. The van der Waals surface area contributed by atoms with Gasteiger partial charge in [0.2, 0.25) is 11.6 Å². The maximum Gasteiger partial charge on any atom is 0.216 e. The minimum atomic E-state index is -4.37. The summed E-state index contributed by atoms with van der Waals surface area (Å²) in [6.07, 6.45) is 0. The van der Waals surface area contributed by atoms with E-state index in [1.165, 1.54) is 42.7 Å². The average molecular weight is 871 g/mol. The molecule has 0 heterocycles. The van der Waals surface area contributed by atoms with Gasteiger partial charge < -0.3 is 48.2 Å². The van der Waals surface area contributed by atoms with E-state index in [1.807, 2.05) is 0 Å². The second kappa shape index (κ2) is 18.3. The van der Waals surface area contributed by atoms with E-state index in [1.54, 1.807) is 146 Å². The van der Waals surface area contributed by atoms with Crippen LogP contribution in [0.15, 0.2) is 168 Å². The number of rotatable bonds is 16. The van der Waals surface area contributed by atoms with E-state index in [0.29, 0.717) is 45.9 Å². The van der Waals surface area contributed by atoms with Gasteiger partial charge in [-0.2, -0.15) is 0 Å². The van der Waals surface area contributed by atoms with Crippen LogP contribution in [0.2, 0.25) is 0 Å². The Kier molecular flexibility index (Phi) is 12.7. The van der Waals surface area contributed by atoms with Crippen LogP contribution in [0.5, 0.6) is 34.5 Å². The van der Waals surface area contributed by atoms with Crippen LogP contribution in [0.4, 0.5) is 11.4 Å². The summed E-state index contributed by atoms with van der Waals surface area (Å²) in [4.78, 5) is 32.1. The predicted molar refractivity (Wildman–Crippen MR) is 243 cm³/mol. The zero-order valence-electron chi connectivity index (χ0n) is 34.8. The molecule has 0 unspecified atom stereocenters. The fourth-order valence-corrected chi connectivity index (χ4v) is 12.8. The molecule has 0 spiro atoms. The molecule has 0 radical (unpaired) electrons. The van der Waals surface area contributed by atoms with Gasteiger partial charge in [-0.15, -0.1) is 0 Å². The molecule has 12 nitrogen and oxygen atoms in total. The molecule has 0 aromatic heterocycles. The lowest BCUT2D eigenvalue weighted by Crippen LogP contribution is -2.36. The normalized spacial score (nSPS) is 13.1. The first-order valence-corrected chi connectivity index (χ1v) is 22.6. The van der Waals surface area contributed by atoms with Crippen LogP contribution in [0.3, 0.4) is 0 Å². The van der Waals surface area contributed by atoms with Crippen LogP contribution in [0, 0.1) is 0 Å². The van der Waals surface area contributed by atoms with Crippen LogP contribution in [0.25, 0.3) is 0 Å². The van der Waals surface area contributed by atoms with Gasteiger partial charge in [-0.1, -0.05) is 0 Å². The largest absolute Gasteiger partial charge is 0.497 e. The number of carbonyl (C=O) groups is 2. The van der Waals surface area contributed by atoms with Crippen molar-refractivity contribution in [3.05, 3.63) is 168 Å². The van der Waals surface area contributed by atoms with Gasteiger partial charge in [-0.05, 0) is 146 Å². The highest BCUT2D eigenvalue weighted by atomic mass is 31.2. The molecule has 2 N–H and O–H groups in total. The lowest BCUT2D eigenvalue weighted by atomic mass is 10.0. The lowest BCUT2D eigenvalue weighted by molar-refractivity contribution is -0.115. The summed E-state index contributed by atoms with van der Waals surface area (Å²) in [5.74, 6) is 1.34. The number of carbonyl (C=O) groups excluding carboxylic acids is 2. The highest BCUT2D eigenvalue weighted by Crippen LogP contribution is 2.61. The zero-order chi connectivity index (χ0) is 44.0. The summed E-state index contributed by atoms with van der Waals surface area (Å²) in [6, 6.07) is 39.3. The van der Waals surface area contributed by atoms with Gasteiger partial charge in [0, 0.05) is 32.6 Å². The van der Waals surface area contributed by atoms with Gasteiger partial charge in [0.05, 0.1) is 53.3 Å². The molecule has 0 aliphatic heterocycles. The summed E-state index contributed by atoms with van der Waals surface area (Å²) in [5.41, 5.74) is 0.0792. The Morgan fingerprint density at radius 1 is 0.323 bits per heavy atom. The van der Waals surface area contributed by atoms with Gasteiger partial charge in [-0.3, -0.25) is 9.59 Å². The molecule has 0 fully saturated rings. The molecule has 14 heteroatoms. The first-order chi connectivity index (χ1) is 30.0. The summed E-state index contributed by atoms with van der Waals surface area (Å²) < 4.78 is 65.8. The Labute approximate surface area is 359 Å². The highest BCUT2D eigenvalue weighted by Gasteiger charge is 2.51. The quantitative estimate of drug-likeness (QED) is 0.0721. The van der Waals surface area contributed by atoms with Crippen molar-refractivity contribution in [3.8, 4) is 34.5 Å². The van der Waals surface area contributed by atoms with Crippen LogP contribution in [-0.4, -0.2) is 54.2 Å². The summed E-state index contributed by atoms with van der Waals surface area (Å²) in [7, 11) is 0.347. The molecule has 0 bridgehead atoms. The minimum absolute atomic E-state index is 0.231. The maximum absolute atomic E-state index is 16.6. The molecular weight excluding hydrogens is 826 g/mol. The number of hydrogen-bond donors (Lipinski definition) is 2. The summed E-state index contributed by atoms with van der Waals surface area (Å²) >= 11 is 0. The summed E-state index contributed by atoms with van der Waals surface area (Å²) in [6.45, 7) is 0. The molecule has 316 valence electrons. The second-order valence-electron chi connectivity index (χ2n) is 13.8. The number of hydrogen-bond acceptors (Lipinski definition) is 12. The van der Waals surface area contributed by atoms with Crippen molar-refractivity contribution in [3.63, 3.8) is 0 Å². The Bertz CT molecular complexity index is 2450. The molecule has 0 amide bonds. The van der Waals surface area contributed by atoms with Crippen molar-refractivity contribution in [1.82, 2.24) is 0 Å². The van der Waals surface area contributed by atoms with Gasteiger partial charge in [0.25, 0.3) is 0 Å². The molecule has 0 saturated heterocycles. The third-order valence-electron chi connectivity index (χ3n) is 10.5. The molecule has 62 heavy (non-hydrogen) atoms. The highest BCUT2D eigenvalue weighted by molar-refractivity contribution is 7.84. The second-order valence-corrected chi connectivity index (χ2v) is 19.2. The number of ketones is 2. The van der Waals surface area contributed by atoms with Gasteiger partial charge in [0.1, 0.15) is 45.9 Å². The Morgan fingerprint density at radius 2 is 0.516 bits per heavy atom. The number of ether oxygens (including phenoxy) is 6. The van der Waals surface area contributed by atoms with Crippen LogP contribution in [0.1, 0.15) is 0 Å². The van der Waals surface area contributed by atoms with Crippen molar-refractivity contribution < 1.29 is 47.1 Å². The van der Waals surface area contributed by atoms with Gasteiger partial charge in [0.15, 0.2) is 14.3 Å². The topological polar surface area (TPSA) is 148 Å². The van der Waals surface area contributed by atoms with E-state index in [4.69, 9.17) is 28.4 Å². The number of methoxy groups -OCH3 is 6. The first-order valence-electron chi connectivity index (χ1n) is 19.2. The molecule has 7 rings (SSSR count). The molecule has 6 aromatic carbocycles. The summed E-state index contributed by atoms with van der Waals surface area (Å²) in [5, 5.41) is 6.61. The average Bonchev–Trinajstić information content (AvgIpc) is 3.33. The monoisotopic (exact) mass is 870 g/mol. The number of benzene rings is 6. The third-order valence-corrected chi connectivity index (χ3v) is 16.7. The Hall–Kier alpha value is -7.00. The van der Waals surface area contributed by atoms with Crippen LogP contribution >= 0.6 is 14.3 Å². The van der Waals surface area contributed by atoms with Crippen molar-refractivity contribution >= 4 is 58.4 Å². The van der Waals surface area contributed by atoms with E-state index in [9.17, 15) is 0 Å². The fraction of sp³-hybridized carbons (Fsp3) is 0.125. The molecule has 1 aliphatic rings. The van der Waals surface area contributed by atoms with Crippen molar-refractivity contribution in [2.45, 2.75) is 0 Å². The smallest absolute Gasteiger partial charge is 0.216 e. The van der Waals surface area contributed by atoms with E-state index in [-0.39, 0.29) is 43.2 Å². The Morgan fingerprint density at radius 3 is 0.710 bits per heavy atom. The van der Waals surface area contributed by atoms with Crippen molar-refractivity contribution in [1.29, 1.82) is 0 Å². The zero-order valence-corrected chi connectivity index (χ0v) is 36.6. The number of Topliss-reactive ketones (excluding diaryl/α,β-unsaturated/α-hetero) is 2. The maximum atomic E-state index is 16.6. The third kappa shape index (κ3) is 8.10. The lowest BCUT2D eigenvalue weighted by Gasteiger charge is -2.33. The van der Waals surface area contributed by atoms with E-state index in [0.717, 1.165) is 0 Å².